The molecule has 0 unspecified atom stereocenters. The zero-order valence-electron chi connectivity index (χ0n) is 17.6. The summed E-state index contributed by atoms with van der Waals surface area (Å²) >= 11 is 0. The molecule has 0 aromatic heterocycles. The Morgan fingerprint density at radius 3 is 2.37 bits per heavy atom. The molecule has 162 valence electrons. The van der Waals surface area contributed by atoms with Crippen LogP contribution >= 0.6 is 0 Å². The van der Waals surface area contributed by atoms with Crippen molar-refractivity contribution in [2.24, 2.45) is 0 Å². The minimum Gasteiger partial charge on any atom is -0.381 e. The van der Waals surface area contributed by atoms with Crippen molar-refractivity contribution < 1.29 is 13.2 Å². The summed E-state index contributed by atoms with van der Waals surface area (Å²) in [6.45, 7) is 3.86. The van der Waals surface area contributed by atoms with Crippen molar-refractivity contribution in [2.75, 3.05) is 10.0 Å². The van der Waals surface area contributed by atoms with E-state index in [1.807, 2.05) is 36.4 Å². The first kappa shape index (κ1) is 22.2. The van der Waals surface area contributed by atoms with E-state index in [2.05, 4.69) is 15.4 Å². The fourth-order valence-corrected chi connectivity index (χ4v) is 4.16. The van der Waals surface area contributed by atoms with Crippen LogP contribution in [0.15, 0.2) is 48.5 Å². The van der Waals surface area contributed by atoms with E-state index in [4.69, 9.17) is 0 Å². The predicted octanol–water partition coefficient (Wildman–Crippen LogP) is 4.51. The van der Waals surface area contributed by atoms with Crippen molar-refractivity contribution in [2.45, 2.75) is 63.8 Å². The van der Waals surface area contributed by atoms with Gasteiger partial charge in [0.15, 0.2) is 0 Å². The number of carbonyl (C=O) groups is 1. The van der Waals surface area contributed by atoms with E-state index in [0.717, 1.165) is 24.1 Å². The van der Waals surface area contributed by atoms with Crippen LogP contribution in [0.4, 0.5) is 11.4 Å². The average Bonchev–Trinajstić information content (AvgIpc) is 2.74. The third-order valence-electron chi connectivity index (χ3n) is 5.40. The molecule has 0 aliphatic heterocycles. The standard InChI is InChI=1S/C23H31N3O3S/c1-17(2)30(28,29)26-21-13-11-18(12-14-21)16-24-22-10-6-7-19(15-22)23(27)25-20-8-4-3-5-9-20/h6-7,10-15,17,20,24,26H,3-5,8-9,16H2,1-2H3,(H,25,27). The van der Waals surface area contributed by atoms with Crippen molar-refractivity contribution in [3.05, 3.63) is 59.7 Å². The van der Waals surface area contributed by atoms with Gasteiger partial charge in [-0.25, -0.2) is 8.42 Å². The molecule has 2 aromatic carbocycles. The number of nitrogens with one attached hydrogen (secondary N) is 3. The molecule has 7 heteroatoms. The maximum Gasteiger partial charge on any atom is 0.251 e. The summed E-state index contributed by atoms with van der Waals surface area (Å²) in [6.07, 6.45) is 5.75. The quantitative estimate of drug-likeness (QED) is 0.576. The van der Waals surface area contributed by atoms with Gasteiger partial charge in [-0.05, 0) is 62.6 Å². The van der Waals surface area contributed by atoms with Gasteiger partial charge in [-0.1, -0.05) is 37.5 Å². The summed E-state index contributed by atoms with van der Waals surface area (Å²) in [7, 11) is -3.35. The van der Waals surface area contributed by atoms with Crippen LogP contribution in [0, 0.1) is 0 Å². The predicted molar refractivity (Wildman–Crippen MR) is 122 cm³/mol. The molecule has 0 spiro atoms. The number of carbonyl (C=O) groups excluding carboxylic acids is 1. The molecule has 0 atom stereocenters. The van der Waals surface area contributed by atoms with Crippen LogP contribution in [0.3, 0.4) is 0 Å². The highest BCUT2D eigenvalue weighted by molar-refractivity contribution is 7.93. The summed E-state index contributed by atoms with van der Waals surface area (Å²) in [5.41, 5.74) is 3.09. The number of amides is 1. The number of hydrogen-bond acceptors (Lipinski definition) is 4. The lowest BCUT2D eigenvalue weighted by Crippen LogP contribution is -2.36. The van der Waals surface area contributed by atoms with Gasteiger partial charge in [0.05, 0.1) is 5.25 Å². The SMILES string of the molecule is CC(C)S(=O)(=O)Nc1ccc(CNc2cccc(C(=O)NC3CCCCC3)c2)cc1. The Morgan fingerprint density at radius 1 is 1.00 bits per heavy atom. The van der Waals surface area contributed by atoms with Gasteiger partial charge in [-0.15, -0.1) is 0 Å². The van der Waals surface area contributed by atoms with Gasteiger partial charge in [0.25, 0.3) is 5.91 Å². The van der Waals surface area contributed by atoms with E-state index in [1.54, 1.807) is 26.0 Å². The maximum absolute atomic E-state index is 12.5. The molecule has 2 aromatic rings. The minimum absolute atomic E-state index is 0.0210. The molecular weight excluding hydrogens is 398 g/mol. The van der Waals surface area contributed by atoms with E-state index < -0.39 is 15.3 Å². The summed E-state index contributed by atoms with van der Waals surface area (Å²) in [5.74, 6) is -0.0210. The molecule has 6 nitrogen and oxygen atoms in total. The Hall–Kier alpha value is -2.54. The third kappa shape index (κ3) is 6.23. The fraction of sp³-hybridized carbons (Fsp3) is 0.435. The van der Waals surface area contributed by atoms with Gasteiger partial charge >= 0.3 is 0 Å². The van der Waals surface area contributed by atoms with Crippen molar-refractivity contribution in [3.8, 4) is 0 Å². The molecule has 1 aliphatic rings. The largest absolute Gasteiger partial charge is 0.381 e. The van der Waals surface area contributed by atoms with Crippen molar-refractivity contribution in [1.29, 1.82) is 0 Å². The third-order valence-corrected chi connectivity index (χ3v) is 7.16. The first-order chi connectivity index (χ1) is 14.3. The molecule has 1 aliphatic carbocycles. The highest BCUT2D eigenvalue weighted by Crippen LogP contribution is 2.19. The average molecular weight is 430 g/mol. The number of rotatable bonds is 8. The molecule has 0 saturated heterocycles. The molecule has 0 heterocycles. The molecule has 1 amide bonds. The van der Waals surface area contributed by atoms with E-state index in [-0.39, 0.29) is 11.9 Å². The van der Waals surface area contributed by atoms with Crippen molar-refractivity contribution in [1.82, 2.24) is 5.32 Å². The highest BCUT2D eigenvalue weighted by Gasteiger charge is 2.17. The van der Waals surface area contributed by atoms with Crippen LogP contribution in [-0.4, -0.2) is 25.6 Å². The maximum atomic E-state index is 12.5. The molecule has 30 heavy (non-hydrogen) atoms. The first-order valence-electron chi connectivity index (χ1n) is 10.6. The number of benzene rings is 2. The van der Waals surface area contributed by atoms with Crippen LogP contribution in [0.2, 0.25) is 0 Å². The Morgan fingerprint density at radius 2 is 1.70 bits per heavy atom. The Labute approximate surface area is 179 Å². The summed E-state index contributed by atoms with van der Waals surface area (Å²) in [4.78, 5) is 12.5. The second-order valence-electron chi connectivity index (χ2n) is 8.14. The van der Waals surface area contributed by atoms with Crippen molar-refractivity contribution >= 4 is 27.3 Å². The molecule has 3 rings (SSSR count). The molecule has 0 bridgehead atoms. The van der Waals surface area contributed by atoms with Gasteiger partial charge in [-0.2, -0.15) is 0 Å². The normalized spacial score (nSPS) is 15.0. The fourth-order valence-electron chi connectivity index (χ4n) is 3.46. The van der Waals surface area contributed by atoms with Gasteiger partial charge in [-0.3, -0.25) is 9.52 Å². The second kappa shape index (κ2) is 9.98. The van der Waals surface area contributed by atoms with Gasteiger partial charge in [0.1, 0.15) is 0 Å². The molecule has 0 radical (unpaired) electrons. The molecule has 3 N–H and O–H groups in total. The summed E-state index contributed by atoms with van der Waals surface area (Å²) in [6, 6.07) is 15.1. The number of sulfonamides is 1. The zero-order valence-corrected chi connectivity index (χ0v) is 18.5. The minimum atomic E-state index is -3.35. The van der Waals surface area contributed by atoms with E-state index in [0.29, 0.717) is 17.8 Å². The summed E-state index contributed by atoms with van der Waals surface area (Å²) < 4.78 is 26.5. The second-order valence-corrected chi connectivity index (χ2v) is 10.4. The lowest BCUT2D eigenvalue weighted by Gasteiger charge is -2.22. The van der Waals surface area contributed by atoms with Crippen LogP contribution < -0.4 is 15.4 Å². The Bertz CT molecular complexity index is 950. The number of anilines is 2. The molecular formula is C23H31N3O3S. The van der Waals surface area contributed by atoms with Crippen LogP contribution in [0.25, 0.3) is 0 Å². The van der Waals surface area contributed by atoms with Crippen LogP contribution in [0.1, 0.15) is 61.9 Å². The Kier molecular flexibility index (Phi) is 7.37. The van der Waals surface area contributed by atoms with Gasteiger partial charge < -0.3 is 10.6 Å². The van der Waals surface area contributed by atoms with Crippen molar-refractivity contribution in [3.63, 3.8) is 0 Å². The van der Waals surface area contributed by atoms with E-state index in [1.165, 1.54) is 19.3 Å². The van der Waals surface area contributed by atoms with Crippen LogP contribution in [0.5, 0.6) is 0 Å². The van der Waals surface area contributed by atoms with Crippen LogP contribution in [-0.2, 0) is 16.6 Å². The smallest absolute Gasteiger partial charge is 0.251 e. The highest BCUT2D eigenvalue weighted by atomic mass is 32.2. The van der Waals surface area contributed by atoms with Gasteiger partial charge in [0, 0.05) is 29.5 Å². The topological polar surface area (TPSA) is 87.3 Å². The lowest BCUT2D eigenvalue weighted by atomic mass is 9.95. The molecule has 1 saturated carbocycles. The summed E-state index contributed by atoms with van der Waals surface area (Å²) in [5, 5.41) is 5.99. The lowest BCUT2D eigenvalue weighted by molar-refractivity contribution is 0.0927. The van der Waals surface area contributed by atoms with E-state index in [9.17, 15) is 13.2 Å². The first-order valence-corrected chi connectivity index (χ1v) is 12.1. The number of hydrogen-bond donors (Lipinski definition) is 3. The Balaban J connectivity index is 1.55. The van der Waals surface area contributed by atoms with Gasteiger partial charge in [0.2, 0.25) is 10.0 Å². The molecule has 1 fully saturated rings. The zero-order chi connectivity index (χ0) is 21.6. The monoisotopic (exact) mass is 429 g/mol. The van der Waals surface area contributed by atoms with E-state index >= 15 is 0 Å².